The number of unbranched alkanes of at least 4 members (excludes halogenated alkanes) is 1. The van der Waals surface area contributed by atoms with E-state index in [9.17, 15) is 13.2 Å². The Kier molecular flexibility index (Phi) is 5.72. The van der Waals surface area contributed by atoms with Gasteiger partial charge >= 0.3 is 5.97 Å². The summed E-state index contributed by atoms with van der Waals surface area (Å²) >= 11 is 6.01. The Morgan fingerprint density at radius 1 is 1.35 bits per heavy atom. The number of hydrogen-bond acceptors (Lipinski definition) is 5. The molecular weight excluding hydrogens is 346 g/mol. The van der Waals surface area contributed by atoms with Gasteiger partial charge in [-0.3, -0.25) is 4.79 Å². The topological polar surface area (TPSA) is 102 Å². The molecule has 0 amide bonds. The lowest BCUT2D eigenvalue weighted by Crippen LogP contribution is -2.40. The molecule has 9 heteroatoms. The second-order valence-electron chi connectivity index (χ2n) is 5.08. The molecule has 0 radical (unpaired) electrons. The van der Waals surface area contributed by atoms with E-state index in [2.05, 4.69) is 4.72 Å². The molecule has 1 aromatic carbocycles. The van der Waals surface area contributed by atoms with Gasteiger partial charge < -0.3 is 14.6 Å². The molecule has 0 saturated heterocycles. The van der Waals surface area contributed by atoms with Crippen molar-refractivity contribution in [2.75, 3.05) is 13.2 Å². The van der Waals surface area contributed by atoms with Gasteiger partial charge in [0.25, 0.3) is 0 Å². The minimum absolute atomic E-state index is 0.0543. The fourth-order valence-corrected chi connectivity index (χ4v) is 3.90. The van der Waals surface area contributed by atoms with E-state index in [1.54, 1.807) is 0 Å². The number of rotatable bonds is 7. The van der Waals surface area contributed by atoms with Crippen molar-refractivity contribution < 1.29 is 27.8 Å². The van der Waals surface area contributed by atoms with E-state index in [1.807, 2.05) is 6.92 Å². The molecule has 1 atom stereocenters. The van der Waals surface area contributed by atoms with E-state index >= 15 is 0 Å². The maximum Gasteiger partial charge on any atom is 0.321 e. The highest BCUT2D eigenvalue weighted by atomic mass is 35.5. The SMILES string of the molecule is CCCCC(NS(=O)(=O)c1cc2c(cc1Cl)OCCO2)C(=O)O. The number of aliphatic carboxylic acids is 1. The molecule has 2 rings (SSSR count). The van der Waals surface area contributed by atoms with Gasteiger partial charge in [0.1, 0.15) is 24.2 Å². The van der Waals surface area contributed by atoms with Crippen molar-refractivity contribution in [1.82, 2.24) is 4.72 Å². The Morgan fingerprint density at radius 3 is 2.52 bits per heavy atom. The van der Waals surface area contributed by atoms with Crippen LogP contribution in [0.4, 0.5) is 0 Å². The molecule has 0 bridgehead atoms. The molecule has 0 aliphatic carbocycles. The highest BCUT2D eigenvalue weighted by Gasteiger charge is 2.28. The summed E-state index contributed by atoms with van der Waals surface area (Å²) in [5, 5.41) is 9.11. The van der Waals surface area contributed by atoms with Crippen LogP contribution >= 0.6 is 11.6 Å². The number of ether oxygens (including phenoxy) is 2. The Balaban J connectivity index is 2.29. The molecule has 0 spiro atoms. The van der Waals surface area contributed by atoms with Crippen molar-refractivity contribution in [3.8, 4) is 11.5 Å². The summed E-state index contributed by atoms with van der Waals surface area (Å²) in [6.45, 7) is 2.55. The minimum atomic E-state index is -4.10. The predicted molar refractivity (Wildman–Crippen MR) is 83.7 cm³/mol. The van der Waals surface area contributed by atoms with E-state index < -0.39 is 22.0 Å². The average molecular weight is 364 g/mol. The van der Waals surface area contributed by atoms with Crippen LogP contribution in [0, 0.1) is 0 Å². The monoisotopic (exact) mass is 363 g/mol. The summed E-state index contributed by atoms with van der Waals surface area (Å²) in [6.07, 6.45) is 1.55. The van der Waals surface area contributed by atoms with Crippen LogP contribution in [0.1, 0.15) is 26.2 Å². The number of sulfonamides is 1. The lowest BCUT2D eigenvalue weighted by Gasteiger charge is -2.20. The van der Waals surface area contributed by atoms with Gasteiger partial charge in [-0.15, -0.1) is 0 Å². The van der Waals surface area contributed by atoms with E-state index in [1.165, 1.54) is 12.1 Å². The third-order valence-corrected chi connectivity index (χ3v) is 5.26. The number of halogens is 1. The van der Waals surface area contributed by atoms with E-state index in [0.29, 0.717) is 25.4 Å². The molecular formula is C14H18ClNO6S. The van der Waals surface area contributed by atoms with Crippen LogP contribution in [0.15, 0.2) is 17.0 Å². The quantitative estimate of drug-likeness (QED) is 0.768. The molecule has 1 aliphatic heterocycles. The van der Waals surface area contributed by atoms with Crippen LogP contribution in [0.5, 0.6) is 11.5 Å². The van der Waals surface area contributed by atoms with Gasteiger partial charge in [-0.2, -0.15) is 4.72 Å². The third-order valence-electron chi connectivity index (χ3n) is 3.33. The first-order chi connectivity index (χ1) is 10.8. The maximum absolute atomic E-state index is 12.5. The van der Waals surface area contributed by atoms with Crippen LogP contribution in [-0.2, 0) is 14.8 Å². The van der Waals surface area contributed by atoms with Crippen molar-refractivity contribution in [3.63, 3.8) is 0 Å². The zero-order valence-corrected chi connectivity index (χ0v) is 14.1. The summed E-state index contributed by atoms with van der Waals surface area (Å²) in [4.78, 5) is 11.0. The lowest BCUT2D eigenvalue weighted by atomic mass is 10.1. The van der Waals surface area contributed by atoms with Crippen molar-refractivity contribution in [3.05, 3.63) is 17.2 Å². The number of nitrogens with one attached hydrogen (secondary N) is 1. The highest BCUT2D eigenvalue weighted by molar-refractivity contribution is 7.89. The normalized spacial score (nSPS) is 15.2. The predicted octanol–water partition coefficient (Wildman–Crippen LogP) is 2.03. The summed E-state index contributed by atoms with van der Waals surface area (Å²) in [5.41, 5.74) is 0. The highest BCUT2D eigenvalue weighted by Crippen LogP contribution is 2.37. The van der Waals surface area contributed by atoms with Crippen LogP contribution in [0.3, 0.4) is 0 Å². The van der Waals surface area contributed by atoms with Crippen LogP contribution < -0.4 is 14.2 Å². The maximum atomic E-state index is 12.5. The number of hydrogen-bond donors (Lipinski definition) is 2. The first-order valence-electron chi connectivity index (χ1n) is 7.19. The molecule has 0 saturated carbocycles. The summed E-state index contributed by atoms with van der Waals surface area (Å²) in [7, 11) is -4.10. The number of carbonyl (C=O) groups is 1. The van der Waals surface area contributed by atoms with Crippen LogP contribution in [0.2, 0.25) is 5.02 Å². The summed E-state index contributed by atoms with van der Waals surface area (Å²) in [6, 6.07) is 1.40. The number of carboxylic acids is 1. The fourth-order valence-electron chi connectivity index (χ4n) is 2.14. The fraction of sp³-hybridized carbons (Fsp3) is 0.500. The molecule has 2 N–H and O–H groups in total. The number of fused-ring (bicyclic) bond motifs is 1. The number of carboxylic acid groups (broad SMARTS) is 1. The van der Waals surface area contributed by atoms with Gasteiger partial charge in [-0.25, -0.2) is 8.42 Å². The first-order valence-corrected chi connectivity index (χ1v) is 9.05. The Labute approximate surface area is 139 Å². The van der Waals surface area contributed by atoms with E-state index in [0.717, 1.165) is 6.42 Å². The molecule has 128 valence electrons. The summed E-state index contributed by atoms with van der Waals surface area (Å²) < 4.78 is 37.8. The number of benzene rings is 1. The zero-order chi connectivity index (χ0) is 17.0. The second kappa shape index (κ2) is 7.37. The standard InChI is InChI=1S/C14H18ClNO6S/c1-2-3-4-10(14(17)18)16-23(19,20)13-8-12-11(7-9(13)15)21-5-6-22-12/h7-8,10,16H,2-6H2,1H3,(H,17,18). The third kappa shape index (κ3) is 4.27. The molecule has 1 unspecified atom stereocenters. The summed E-state index contributed by atoms with van der Waals surface area (Å²) in [5.74, 6) is -0.599. The molecule has 7 nitrogen and oxygen atoms in total. The van der Waals surface area contributed by atoms with Crippen molar-refractivity contribution >= 4 is 27.6 Å². The van der Waals surface area contributed by atoms with Crippen molar-refractivity contribution in [2.24, 2.45) is 0 Å². The Bertz CT molecular complexity index is 691. The smallest absolute Gasteiger partial charge is 0.321 e. The lowest BCUT2D eigenvalue weighted by molar-refractivity contribution is -0.139. The van der Waals surface area contributed by atoms with Gasteiger partial charge in [-0.1, -0.05) is 31.4 Å². The van der Waals surface area contributed by atoms with Gasteiger partial charge in [0, 0.05) is 12.1 Å². The van der Waals surface area contributed by atoms with Gasteiger partial charge in [0.2, 0.25) is 10.0 Å². The van der Waals surface area contributed by atoms with Crippen LogP contribution in [0.25, 0.3) is 0 Å². The Hall–Kier alpha value is -1.51. The van der Waals surface area contributed by atoms with Crippen molar-refractivity contribution in [2.45, 2.75) is 37.1 Å². The molecule has 23 heavy (non-hydrogen) atoms. The minimum Gasteiger partial charge on any atom is -0.486 e. The first kappa shape index (κ1) is 17.8. The van der Waals surface area contributed by atoms with Crippen LogP contribution in [-0.4, -0.2) is 38.7 Å². The van der Waals surface area contributed by atoms with E-state index in [-0.39, 0.29) is 22.1 Å². The zero-order valence-electron chi connectivity index (χ0n) is 12.5. The van der Waals surface area contributed by atoms with Crippen molar-refractivity contribution in [1.29, 1.82) is 0 Å². The molecule has 1 heterocycles. The van der Waals surface area contributed by atoms with Gasteiger partial charge in [0.15, 0.2) is 11.5 Å². The van der Waals surface area contributed by atoms with E-state index in [4.69, 9.17) is 26.2 Å². The van der Waals surface area contributed by atoms with Gasteiger partial charge in [-0.05, 0) is 6.42 Å². The molecule has 0 aromatic heterocycles. The molecule has 1 aromatic rings. The van der Waals surface area contributed by atoms with Gasteiger partial charge in [0.05, 0.1) is 5.02 Å². The Morgan fingerprint density at radius 2 is 1.96 bits per heavy atom. The average Bonchev–Trinajstić information content (AvgIpc) is 2.50. The molecule has 1 aliphatic rings. The second-order valence-corrected chi connectivity index (χ2v) is 7.17. The molecule has 0 fully saturated rings. The largest absolute Gasteiger partial charge is 0.486 e.